The fraction of sp³-hybridized carbons (Fsp3) is 0. The third kappa shape index (κ3) is 5.28. The molecule has 0 bridgehead atoms. The summed E-state index contributed by atoms with van der Waals surface area (Å²) < 4.78 is 5.18. The van der Waals surface area contributed by atoms with Crippen LogP contribution in [0, 0.1) is 11.3 Å². The molecule has 0 fully saturated rings. The van der Waals surface area contributed by atoms with Gasteiger partial charge < -0.3 is 4.90 Å². The Labute approximate surface area is 326 Å². The van der Waals surface area contributed by atoms with Crippen molar-refractivity contribution < 1.29 is 0 Å². The van der Waals surface area contributed by atoms with Crippen LogP contribution in [0.5, 0.6) is 0 Å². The summed E-state index contributed by atoms with van der Waals surface area (Å²) in [7, 11) is 0. The summed E-state index contributed by atoms with van der Waals surface area (Å²) in [5.41, 5.74) is 8.60. The van der Waals surface area contributed by atoms with E-state index in [2.05, 4.69) is 169 Å². The lowest BCUT2D eigenvalue weighted by atomic mass is 9.99. The zero-order valence-electron chi connectivity index (χ0n) is 29.5. The van der Waals surface area contributed by atoms with Crippen LogP contribution < -0.4 is 4.90 Å². The normalized spacial score (nSPS) is 11.6. The van der Waals surface area contributed by atoms with Crippen LogP contribution in [0.15, 0.2) is 182 Å². The number of hydrogen-bond acceptors (Lipinski definition) is 4. The summed E-state index contributed by atoms with van der Waals surface area (Å²) in [6, 6.07) is 68.0. The van der Waals surface area contributed by atoms with Crippen molar-refractivity contribution in [1.29, 1.82) is 5.26 Å². The van der Waals surface area contributed by atoms with Gasteiger partial charge >= 0.3 is 0 Å². The van der Waals surface area contributed by atoms with E-state index in [1.54, 1.807) is 0 Å². The van der Waals surface area contributed by atoms with Crippen molar-refractivity contribution in [3.8, 4) is 28.3 Å². The minimum Gasteiger partial charge on any atom is -0.310 e. The van der Waals surface area contributed by atoms with Crippen molar-refractivity contribution in [2.75, 3.05) is 4.90 Å². The second kappa shape index (κ2) is 12.7. The molecule has 11 rings (SSSR count). The molecule has 2 nitrogen and oxygen atoms in total. The maximum absolute atomic E-state index is 9.19. The van der Waals surface area contributed by atoms with Gasteiger partial charge in [-0.25, -0.2) is 0 Å². The second-order valence-electron chi connectivity index (χ2n) is 14.0. The van der Waals surface area contributed by atoms with Crippen LogP contribution in [0.3, 0.4) is 0 Å². The molecule has 11 aromatic rings. The van der Waals surface area contributed by atoms with E-state index >= 15 is 0 Å². The first-order valence-corrected chi connectivity index (χ1v) is 20.0. The zero-order valence-corrected chi connectivity index (χ0v) is 31.2. The molecule has 0 aliphatic rings. The summed E-state index contributed by atoms with van der Waals surface area (Å²) in [6.45, 7) is 0. The van der Waals surface area contributed by atoms with Crippen molar-refractivity contribution in [3.05, 3.63) is 188 Å². The SMILES string of the molecule is N#Cc1ccc(-c2ccc(-c3ccc(N(c4ccc5c(c4)sc4ccc6ccccc6c45)c4ccc5c(c4)sc4ccc6ccccc6c45)cc3)cc2)cc1. The third-order valence-corrected chi connectivity index (χ3v) is 13.1. The number of hydrogen-bond donors (Lipinski definition) is 0. The van der Waals surface area contributed by atoms with Gasteiger partial charge in [-0.3, -0.25) is 0 Å². The molecule has 9 aromatic carbocycles. The second-order valence-corrected chi connectivity index (χ2v) is 16.2. The van der Waals surface area contributed by atoms with Gasteiger partial charge in [-0.05, 0) is 104 Å². The van der Waals surface area contributed by atoms with Gasteiger partial charge in [0.05, 0.1) is 11.6 Å². The van der Waals surface area contributed by atoms with E-state index in [1.807, 2.05) is 46.9 Å². The molecule has 256 valence electrons. The molecule has 0 amide bonds. The maximum Gasteiger partial charge on any atom is 0.0991 e. The fourth-order valence-corrected chi connectivity index (χ4v) is 10.5. The molecular weight excluding hydrogens is 705 g/mol. The molecule has 4 heteroatoms. The van der Waals surface area contributed by atoms with Crippen molar-refractivity contribution in [2.24, 2.45) is 0 Å². The van der Waals surface area contributed by atoms with E-state index in [4.69, 9.17) is 0 Å². The van der Waals surface area contributed by atoms with Gasteiger partial charge in [0.25, 0.3) is 0 Å². The van der Waals surface area contributed by atoms with Crippen molar-refractivity contribution in [3.63, 3.8) is 0 Å². The van der Waals surface area contributed by atoms with E-state index in [1.165, 1.54) is 61.9 Å². The van der Waals surface area contributed by atoms with Crippen molar-refractivity contribution in [1.82, 2.24) is 0 Å². The Kier molecular flexibility index (Phi) is 7.31. The molecule has 2 aromatic heterocycles. The van der Waals surface area contributed by atoms with Crippen molar-refractivity contribution in [2.45, 2.75) is 0 Å². The van der Waals surface area contributed by atoms with Crippen LogP contribution in [0.4, 0.5) is 17.1 Å². The van der Waals surface area contributed by atoms with Crippen LogP contribution in [-0.4, -0.2) is 0 Å². The molecule has 55 heavy (non-hydrogen) atoms. The average Bonchev–Trinajstić information content (AvgIpc) is 3.82. The molecule has 2 heterocycles. The number of nitriles is 1. The smallest absolute Gasteiger partial charge is 0.0991 e. The Hall–Kier alpha value is -6.77. The van der Waals surface area contributed by atoms with Crippen LogP contribution in [-0.2, 0) is 0 Å². The molecular formula is C51H30N2S2. The van der Waals surface area contributed by atoms with Gasteiger partial charge in [-0.2, -0.15) is 5.26 Å². The number of benzene rings is 9. The van der Waals surface area contributed by atoms with E-state index in [9.17, 15) is 5.26 Å². The Morgan fingerprint density at radius 3 is 1.25 bits per heavy atom. The highest BCUT2D eigenvalue weighted by Crippen LogP contribution is 2.45. The summed E-state index contributed by atoms with van der Waals surface area (Å²) in [4.78, 5) is 2.40. The lowest BCUT2D eigenvalue weighted by molar-refractivity contribution is 1.30. The average molecular weight is 735 g/mol. The summed E-state index contributed by atoms with van der Waals surface area (Å²) in [6.07, 6.45) is 0. The van der Waals surface area contributed by atoms with Crippen molar-refractivity contribution >= 4 is 102 Å². The van der Waals surface area contributed by atoms with E-state index in [-0.39, 0.29) is 0 Å². The number of thiophene rings is 2. The molecule has 0 aliphatic carbocycles. The maximum atomic E-state index is 9.19. The Morgan fingerprint density at radius 1 is 0.364 bits per heavy atom. The summed E-state index contributed by atoms with van der Waals surface area (Å²) in [5, 5.41) is 19.6. The third-order valence-electron chi connectivity index (χ3n) is 10.9. The Balaban J connectivity index is 1.03. The Morgan fingerprint density at radius 2 is 0.782 bits per heavy atom. The Bertz CT molecular complexity index is 3160. The van der Waals surface area contributed by atoms with Gasteiger partial charge in [-0.1, -0.05) is 121 Å². The lowest BCUT2D eigenvalue weighted by Crippen LogP contribution is -2.09. The first-order valence-electron chi connectivity index (χ1n) is 18.4. The van der Waals surface area contributed by atoms with Gasteiger partial charge in [0.15, 0.2) is 0 Å². The molecule has 0 aliphatic heterocycles. The minimum atomic E-state index is 0.671. The monoisotopic (exact) mass is 734 g/mol. The number of rotatable bonds is 5. The van der Waals surface area contributed by atoms with Gasteiger partial charge in [0.1, 0.15) is 0 Å². The highest BCUT2D eigenvalue weighted by atomic mass is 32.1. The zero-order chi connectivity index (χ0) is 36.5. The molecule has 0 unspecified atom stereocenters. The van der Waals surface area contributed by atoms with E-state index < -0.39 is 0 Å². The van der Waals surface area contributed by atoms with Gasteiger partial charge in [0, 0.05) is 57.4 Å². The van der Waals surface area contributed by atoms with Crippen LogP contribution >= 0.6 is 22.7 Å². The molecule has 0 spiro atoms. The first kappa shape index (κ1) is 31.7. The molecule has 0 saturated carbocycles. The van der Waals surface area contributed by atoms with E-state index in [0.29, 0.717) is 5.56 Å². The first-order chi connectivity index (χ1) is 27.2. The molecule has 0 N–H and O–H groups in total. The van der Waals surface area contributed by atoms with E-state index in [0.717, 1.165) is 39.3 Å². The van der Waals surface area contributed by atoms with Crippen LogP contribution in [0.25, 0.3) is 84.1 Å². The topological polar surface area (TPSA) is 27.0 Å². The van der Waals surface area contributed by atoms with Gasteiger partial charge in [0.2, 0.25) is 0 Å². The predicted octanol–water partition coefficient (Wildman–Crippen LogP) is 15.4. The van der Waals surface area contributed by atoms with Crippen LogP contribution in [0.1, 0.15) is 5.56 Å². The standard InChI is InChI=1S/C51H30N2S2/c52-31-32-9-11-33(12-10-32)34-13-15-35(16-14-34)36-17-21-39(22-18-36)53(40-23-25-44-48(29-40)54-46-27-19-37-5-1-3-7-42(37)50(44)46)41-24-26-45-49(30-41)55-47-28-20-38-6-2-4-8-43(38)51(45)47/h1-30H. The quantitative estimate of drug-likeness (QED) is 0.176. The highest BCUT2D eigenvalue weighted by molar-refractivity contribution is 7.26. The molecule has 0 saturated heterocycles. The molecule has 0 radical (unpaired) electrons. The lowest BCUT2D eigenvalue weighted by Gasteiger charge is -2.26. The fourth-order valence-electron chi connectivity index (χ4n) is 8.19. The number of nitrogens with zero attached hydrogens (tertiary/aromatic N) is 2. The summed E-state index contributed by atoms with van der Waals surface area (Å²) >= 11 is 3.73. The summed E-state index contributed by atoms with van der Waals surface area (Å²) in [5.74, 6) is 0. The van der Waals surface area contributed by atoms with Crippen LogP contribution in [0.2, 0.25) is 0 Å². The minimum absolute atomic E-state index is 0.671. The number of anilines is 3. The van der Waals surface area contributed by atoms with Gasteiger partial charge in [-0.15, -0.1) is 22.7 Å². The number of fused-ring (bicyclic) bond motifs is 10. The largest absolute Gasteiger partial charge is 0.310 e. The highest BCUT2D eigenvalue weighted by Gasteiger charge is 2.18. The molecule has 0 atom stereocenters. The predicted molar refractivity (Wildman–Crippen MR) is 238 cm³/mol.